The molecule has 1 atom stereocenters. The maximum Gasteiger partial charge on any atom is 0.315 e. The van der Waals surface area contributed by atoms with E-state index in [-0.39, 0.29) is 25.0 Å². The molecule has 5 heteroatoms. The first-order valence-electron chi connectivity index (χ1n) is 4.24. The highest BCUT2D eigenvalue weighted by molar-refractivity contribution is 5.85. The molecule has 0 radical (unpaired) electrons. The van der Waals surface area contributed by atoms with Crippen molar-refractivity contribution in [2.45, 2.75) is 5.92 Å². The molecular weight excluding hydrogens is 218 g/mol. The number of benzene rings is 1. The molecule has 0 saturated carbocycles. The first-order valence-corrected chi connectivity index (χ1v) is 4.24. The van der Waals surface area contributed by atoms with Crippen LogP contribution in [0.15, 0.2) is 30.3 Å². The van der Waals surface area contributed by atoms with Crippen molar-refractivity contribution >= 4 is 18.4 Å². The van der Waals surface area contributed by atoms with Gasteiger partial charge in [-0.2, -0.15) is 0 Å². The van der Waals surface area contributed by atoms with Gasteiger partial charge in [0, 0.05) is 0 Å². The molecule has 4 nitrogen and oxygen atoms in total. The molecular formula is C10H14ClNO3. The monoisotopic (exact) mass is 231 g/mol. The second-order valence-corrected chi connectivity index (χ2v) is 2.82. The summed E-state index contributed by atoms with van der Waals surface area (Å²) in [6, 6.07) is 9.24. The van der Waals surface area contributed by atoms with Crippen LogP contribution in [0.25, 0.3) is 0 Å². The second-order valence-electron chi connectivity index (χ2n) is 2.82. The van der Waals surface area contributed by atoms with Gasteiger partial charge < -0.3 is 9.57 Å². The van der Waals surface area contributed by atoms with Crippen molar-refractivity contribution in [2.75, 3.05) is 13.7 Å². The van der Waals surface area contributed by atoms with Gasteiger partial charge >= 0.3 is 5.97 Å². The molecule has 0 heterocycles. The van der Waals surface area contributed by atoms with E-state index in [0.29, 0.717) is 0 Å². The van der Waals surface area contributed by atoms with Gasteiger partial charge in [0.1, 0.15) is 5.92 Å². The maximum absolute atomic E-state index is 11.3. The van der Waals surface area contributed by atoms with E-state index in [9.17, 15) is 4.79 Å². The fraction of sp³-hybridized carbons (Fsp3) is 0.300. The van der Waals surface area contributed by atoms with Crippen molar-refractivity contribution < 1.29 is 14.4 Å². The van der Waals surface area contributed by atoms with Crippen molar-refractivity contribution in [2.24, 2.45) is 5.90 Å². The molecule has 0 aliphatic carbocycles. The van der Waals surface area contributed by atoms with Crippen LogP contribution >= 0.6 is 12.4 Å². The predicted molar refractivity (Wildman–Crippen MR) is 58.6 cm³/mol. The molecule has 0 amide bonds. The Morgan fingerprint density at radius 1 is 1.40 bits per heavy atom. The van der Waals surface area contributed by atoms with E-state index >= 15 is 0 Å². The molecule has 0 bridgehead atoms. The molecule has 1 unspecified atom stereocenters. The van der Waals surface area contributed by atoms with Gasteiger partial charge in [0.15, 0.2) is 0 Å². The molecule has 1 rings (SSSR count). The Morgan fingerprint density at radius 2 is 2.00 bits per heavy atom. The largest absolute Gasteiger partial charge is 0.468 e. The molecule has 0 aliphatic rings. The van der Waals surface area contributed by atoms with E-state index in [2.05, 4.69) is 9.57 Å². The van der Waals surface area contributed by atoms with Crippen LogP contribution in [0.2, 0.25) is 0 Å². The fourth-order valence-electron chi connectivity index (χ4n) is 1.22. The molecule has 0 fully saturated rings. The molecule has 15 heavy (non-hydrogen) atoms. The van der Waals surface area contributed by atoms with Gasteiger partial charge in [-0.1, -0.05) is 30.3 Å². The minimum Gasteiger partial charge on any atom is -0.468 e. The number of ether oxygens (including phenoxy) is 1. The van der Waals surface area contributed by atoms with Crippen LogP contribution in [0.3, 0.4) is 0 Å². The Labute approximate surface area is 94.7 Å². The molecule has 0 aliphatic heterocycles. The van der Waals surface area contributed by atoms with Crippen molar-refractivity contribution in [1.29, 1.82) is 0 Å². The predicted octanol–water partition coefficient (Wildman–Crippen LogP) is 1.26. The summed E-state index contributed by atoms with van der Waals surface area (Å²) in [4.78, 5) is 15.8. The highest BCUT2D eigenvalue weighted by Crippen LogP contribution is 2.16. The standard InChI is InChI=1S/C10H13NO3.ClH/c1-13-10(12)9(7-14-11)8-5-3-2-4-6-8;/h2-6,9H,7,11H2,1H3;1H. The van der Waals surface area contributed by atoms with E-state index in [0.717, 1.165) is 5.56 Å². The minimum atomic E-state index is -0.453. The van der Waals surface area contributed by atoms with Crippen LogP contribution in [-0.4, -0.2) is 19.7 Å². The second kappa shape index (κ2) is 7.23. The number of carbonyl (C=O) groups excluding carboxylic acids is 1. The first-order chi connectivity index (χ1) is 6.79. The smallest absolute Gasteiger partial charge is 0.315 e. The van der Waals surface area contributed by atoms with Crippen LogP contribution < -0.4 is 5.90 Å². The lowest BCUT2D eigenvalue weighted by Gasteiger charge is -2.12. The van der Waals surface area contributed by atoms with Gasteiger partial charge in [0.25, 0.3) is 0 Å². The number of nitrogens with two attached hydrogens (primary N) is 1. The first kappa shape index (κ1) is 13.9. The van der Waals surface area contributed by atoms with Crippen molar-refractivity contribution in [3.63, 3.8) is 0 Å². The summed E-state index contributed by atoms with van der Waals surface area (Å²) >= 11 is 0. The molecule has 1 aromatic rings. The van der Waals surface area contributed by atoms with Crippen LogP contribution in [0.4, 0.5) is 0 Å². The highest BCUT2D eigenvalue weighted by atomic mass is 35.5. The SMILES string of the molecule is COC(=O)C(CON)c1ccccc1.Cl. The zero-order valence-electron chi connectivity index (χ0n) is 8.38. The summed E-state index contributed by atoms with van der Waals surface area (Å²) in [5, 5.41) is 0. The average molecular weight is 232 g/mol. The number of carbonyl (C=O) groups is 1. The number of halogens is 1. The summed E-state index contributed by atoms with van der Waals surface area (Å²) < 4.78 is 4.64. The third-order valence-corrected chi connectivity index (χ3v) is 1.95. The number of rotatable bonds is 4. The Hall–Kier alpha value is -1.10. The summed E-state index contributed by atoms with van der Waals surface area (Å²) in [6.45, 7) is 0.122. The third kappa shape index (κ3) is 3.87. The minimum absolute atomic E-state index is 0. The zero-order valence-corrected chi connectivity index (χ0v) is 9.20. The van der Waals surface area contributed by atoms with E-state index < -0.39 is 5.92 Å². The van der Waals surface area contributed by atoms with Crippen LogP contribution in [0.1, 0.15) is 11.5 Å². The van der Waals surface area contributed by atoms with Gasteiger partial charge in [0.2, 0.25) is 0 Å². The fourth-order valence-corrected chi connectivity index (χ4v) is 1.22. The topological polar surface area (TPSA) is 61.5 Å². The van der Waals surface area contributed by atoms with Crippen molar-refractivity contribution in [1.82, 2.24) is 0 Å². The Balaban J connectivity index is 0.00000196. The van der Waals surface area contributed by atoms with E-state index in [1.807, 2.05) is 30.3 Å². The summed E-state index contributed by atoms with van der Waals surface area (Å²) in [6.07, 6.45) is 0. The normalized spacial score (nSPS) is 11.3. The van der Waals surface area contributed by atoms with Gasteiger partial charge in [-0.05, 0) is 5.56 Å². The average Bonchev–Trinajstić information content (AvgIpc) is 2.26. The lowest BCUT2D eigenvalue weighted by Crippen LogP contribution is -2.21. The summed E-state index contributed by atoms with van der Waals surface area (Å²) in [7, 11) is 1.34. The van der Waals surface area contributed by atoms with E-state index in [1.54, 1.807) is 0 Å². The molecule has 1 aromatic carbocycles. The van der Waals surface area contributed by atoms with Crippen LogP contribution in [0.5, 0.6) is 0 Å². The summed E-state index contributed by atoms with van der Waals surface area (Å²) in [5.41, 5.74) is 0.838. The van der Waals surface area contributed by atoms with Gasteiger partial charge in [-0.25, -0.2) is 5.90 Å². The summed E-state index contributed by atoms with van der Waals surface area (Å²) in [5.74, 6) is 4.15. The van der Waals surface area contributed by atoms with Crippen LogP contribution in [0, 0.1) is 0 Å². The van der Waals surface area contributed by atoms with Crippen LogP contribution in [-0.2, 0) is 14.4 Å². The third-order valence-electron chi connectivity index (χ3n) is 1.95. The zero-order chi connectivity index (χ0) is 10.4. The van der Waals surface area contributed by atoms with Crippen molar-refractivity contribution in [3.8, 4) is 0 Å². The Bertz CT molecular complexity index is 292. The number of esters is 1. The molecule has 0 aromatic heterocycles. The number of hydrogen-bond acceptors (Lipinski definition) is 4. The Morgan fingerprint density at radius 3 is 2.47 bits per heavy atom. The quantitative estimate of drug-likeness (QED) is 0.626. The Kier molecular flexibility index (Phi) is 6.70. The van der Waals surface area contributed by atoms with Crippen molar-refractivity contribution in [3.05, 3.63) is 35.9 Å². The van der Waals surface area contributed by atoms with Gasteiger partial charge in [-0.3, -0.25) is 4.79 Å². The molecule has 0 saturated heterocycles. The number of methoxy groups -OCH3 is 1. The van der Waals surface area contributed by atoms with E-state index in [4.69, 9.17) is 5.90 Å². The highest BCUT2D eigenvalue weighted by Gasteiger charge is 2.20. The lowest BCUT2D eigenvalue weighted by atomic mass is 10.0. The lowest BCUT2D eigenvalue weighted by molar-refractivity contribution is -0.144. The number of hydrogen-bond donors (Lipinski definition) is 1. The van der Waals surface area contributed by atoms with E-state index in [1.165, 1.54) is 7.11 Å². The molecule has 0 spiro atoms. The molecule has 2 N–H and O–H groups in total. The maximum atomic E-state index is 11.3. The molecule has 84 valence electrons. The van der Waals surface area contributed by atoms with Gasteiger partial charge in [0.05, 0.1) is 13.7 Å². The van der Waals surface area contributed by atoms with Gasteiger partial charge in [-0.15, -0.1) is 12.4 Å².